The Hall–Kier alpha value is -0.960. The van der Waals surface area contributed by atoms with E-state index in [0.29, 0.717) is 5.92 Å². The second-order valence-corrected chi connectivity index (χ2v) is 2.71. The summed E-state index contributed by atoms with van der Waals surface area (Å²) in [6, 6.07) is 0. The molecule has 58 valence electrons. The van der Waals surface area contributed by atoms with Gasteiger partial charge < -0.3 is 0 Å². The summed E-state index contributed by atoms with van der Waals surface area (Å²) in [5.41, 5.74) is 0. The minimum absolute atomic E-state index is 0.228. The molecule has 1 N–H and O–H groups in total. The van der Waals surface area contributed by atoms with Gasteiger partial charge in [-0.15, -0.1) is 0 Å². The molecule has 0 saturated heterocycles. The van der Waals surface area contributed by atoms with E-state index in [4.69, 9.17) is 0 Å². The van der Waals surface area contributed by atoms with Gasteiger partial charge in [0, 0.05) is 24.9 Å². The molecule has 3 nitrogen and oxygen atoms in total. The number of hydrogen-bond donors (Lipinski definition) is 1. The van der Waals surface area contributed by atoms with E-state index < -0.39 is 0 Å². The molecule has 0 spiro atoms. The first-order valence-corrected chi connectivity index (χ1v) is 3.90. The van der Waals surface area contributed by atoms with Crippen LogP contribution in [-0.4, -0.2) is 31.7 Å². The smallest absolute Gasteiger partial charge is 0.111 e. The third kappa shape index (κ3) is 1.38. The highest BCUT2D eigenvalue weighted by atomic mass is 15.1. The lowest BCUT2D eigenvalue weighted by Crippen LogP contribution is -2.35. The number of rotatable bonds is 0. The number of dihydropyridines is 1. The van der Waals surface area contributed by atoms with Crippen LogP contribution in [-0.2, 0) is 0 Å². The summed E-state index contributed by atoms with van der Waals surface area (Å²) >= 11 is 0. The van der Waals surface area contributed by atoms with E-state index in [1.165, 1.54) is 0 Å². The summed E-state index contributed by atoms with van der Waals surface area (Å²) in [7, 11) is 0. The van der Waals surface area contributed by atoms with Gasteiger partial charge in [-0.2, -0.15) is 0 Å². The molecule has 0 saturated carbocycles. The topological polar surface area (TPSA) is 36.8 Å². The summed E-state index contributed by atoms with van der Waals surface area (Å²) in [4.78, 5) is 8.54. The molecule has 2 rings (SSSR count). The lowest BCUT2D eigenvalue weighted by atomic mass is 10.1. The highest BCUT2D eigenvalue weighted by Gasteiger charge is 2.18. The Morgan fingerprint density at radius 1 is 1.45 bits per heavy atom. The molecule has 2 unspecified atom stereocenters. The van der Waals surface area contributed by atoms with Crippen molar-refractivity contribution in [2.45, 2.75) is 6.17 Å². The van der Waals surface area contributed by atoms with Crippen LogP contribution in [0.3, 0.4) is 0 Å². The molecule has 11 heavy (non-hydrogen) atoms. The fraction of sp³-hybridized carbons (Fsp3) is 0.500. The molecule has 2 atom stereocenters. The molecule has 0 aliphatic carbocycles. The van der Waals surface area contributed by atoms with Crippen molar-refractivity contribution < 1.29 is 0 Å². The van der Waals surface area contributed by atoms with E-state index in [9.17, 15) is 0 Å². The lowest BCUT2D eigenvalue weighted by Gasteiger charge is -2.18. The molecule has 0 radical (unpaired) electrons. The summed E-state index contributed by atoms with van der Waals surface area (Å²) in [5, 5.41) is 3.31. The highest BCUT2D eigenvalue weighted by molar-refractivity contribution is 5.76. The van der Waals surface area contributed by atoms with Crippen LogP contribution in [0.2, 0.25) is 0 Å². The zero-order valence-electron chi connectivity index (χ0n) is 6.27. The van der Waals surface area contributed by atoms with Gasteiger partial charge in [-0.05, 0) is 6.08 Å². The Morgan fingerprint density at radius 3 is 3.45 bits per heavy atom. The zero-order chi connectivity index (χ0) is 7.52. The molecule has 2 aliphatic heterocycles. The molecule has 0 aromatic carbocycles. The van der Waals surface area contributed by atoms with Crippen LogP contribution in [0.4, 0.5) is 0 Å². The minimum Gasteiger partial charge on any atom is -0.295 e. The Kier molecular flexibility index (Phi) is 1.81. The normalized spacial score (nSPS) is 34.9. The summed E-state index contributed by atoms with van der Waals surface area (Å²) in [5.74, 6) is 0.363. The van der Waals surface area contributed by atoms with Crippen molar-refractivity contribution in [3.8, 4) is 0 Å². The van der Waals surface area contributed by atoms with E-state index >= 15 is 0 Å². The molecule has 0 bridgehead atoms. The summed E-state index contributed by atoms with van der Waals surface area (Å²) < 4.78 is 0. The number of aliphatic imine (C=N–C) groups is 2. The second kappa shape index (κ2) is 2.96. The van der Waals surface area contributed by atoms with Crippen molar-refractivity contribution >= 4 is 12.4 Å². The van der Waals surface area contributed by atoms with Crippen LogP contribution in [0, 0.1) is 5.92 Å². The average Bonchev–Trinajstić information content (AvgIpc) is 2.28. The maximum atomic E-state index is 4.30. The third-order valence-corrected chi connectivity index (χ3v) is 1.90. The first kappa shape index (κ1) is 6.73. The van der Waals surface area contributed by atoms with Gasteiger partial charge in [0.15, 0.2) is 0 Å². The van der Waals surface area contributed by atoms with Gasteiger partial charge in [0.2, 0.25) is 0 Å². The maximum Gasteiger partial charge on any atom is 0.111 e. The van der Waals surface area contributed by atoms with Crippen LogP contribution < -0.4 is 5.32 Å². The fourth-order valence-corrected chi connectivity index (χ4v) is 1.32. The van der Waals surface area contributed by atoms with Gasteiger partial charge in [-0.1, -0.05) is 6.08 Å². The summed E-state index contributed by atoms with van der Waals surface area (Å²) in [6.45, 7) is 1.80. The quantitative estimate of drug-likeness (QED) is 0.526. The van der Waals surface area contributed by atoms with Crippen LogP contribution >= 0.6 is 0 Å². The van der Waals surface area contributed by atoms with E-state index in [2.05, 4.69) is 21.4 Å². The van der Waals surface area contributed by atoms with Crippen LogP contribution in [0.25, 0.3) is 0 Å². The number of hydrogen-bond acceptors (Lipinski definition) is 3. The monoisotopic (exact) mass is 149 g/mol. The number of allylic oxidation sites excluding steroid dienone is 1. The molecule has 0 aromatic heterocycles. The van der Waals surface area contributed by atoms with Crippen molar-refractivity contribution in [3.05, 3.63) is 12.2 Å². The number of fused-ring (bicyclic) bond motifs is 1. The SMILES string of the molecule is C1=CC2C=NCCNC2N=C1. The molecular weight excluding hydrogens is 138 g/mol. The van der Waals surface area contributed by atoms with Gasteiger partial charge in [0.25, 0.3) is 0 Å². The van der Waals surface area contributed by atoms with Gasteiger partial charge in [0.1, 0.15) is 6.17 Å². The van der Waals surface area contributed by atoms with Gasteiger partial charge in [-0.25, -0.2) is 0 Å². The summed E-state index contributed by atoms with van der Waals surface area (Å²) in [6.07, 6.45) is 8.15. The minimum atomic E-state index is 0.228. The molecule has 2 aliphatic rings. The fourth-order valence-electron chi connectivity index (χ4n) is 1.32. The molecule has 2 heterocycles. The van der Waals surface area contributed by atoms with Crippen molar-refractivity contribution in [2.75, 3.05) is 13.1 Å². The van der Waals surface area contributed by atoms with Crippen LogP contribution in [0.5, 0.6) is 0 Å². The van der Waals surface area contributed by atoms with Crippen LogP contribution in [0.15, 0.2) is 22.1 Å². The number of nitrogens with zero attached hydrogens (tertiary/aromatic N) is 2. The molecular formula is C8H11N3. The van der Waals surface area contributed by atoms with E-state index in [1.807, 2.05) is 18.5 Å². The molecule has 0 aromatic rings. The third-order valence-electron chi connectivity index (χ3n) is 1.90. The van der Waals surface area contributed by atoms with Crippen molar-refractivity contribution in [1.29, 1.82) is 0 Å². The van der Waals surface area contributed by atoms with Crippen molar-refractivity contribution in [3.63, 3.8) is 0 Å². The van der Waals surface area contributed by atoms with Gasteiger partial charge >= 0.3 is 0 Å². The first-order valence-electron chi connectivity index (χ1n) is 3.90. The van der Waals surface area contributed by atoms with Crippen molar-refractivity contribution in [1.82, 2.24) is 5.32 Å². The van der Waals surface area contributed by atoms with E-state index in [0.717, 1.165) is 13.1 Å². The maximum absolute atomic E-state index is 4.30. The highest BCUT2D eigenvalue weighted by Crippen LogP contribution is 2.09. The Morgan fingerprint density at radius 2 is 2.45 bits per heavy atom. The zero-order valence-corrected chi connectivity index (χ0v) is 6.27. The molecule has 0 fully saturated rings. The van der Waals surface area contributed by atoms with E-state index in [1.54, 1.807) is 0 Å². The number of nitrogens with one attached hydrogen (secondary N) is 1. The van der Waals surface area contributed by atoms with E-state index in [-0.39, 0.29) is 6.17 Å². The average molecular weight is 149 g/mol. The van der Waals surface area contributed by atoms with Crippen LogP contribution in [0.1, 0.15) is 0 Å². The van der Waals surface area contributed by atoms with Gasteiger partial charge in [-0.3, -0.25) is 15.3 Å². The largest absolute Gasteiger partial charge is 0.295 e. The molecule has 3 heteroatoms. The first-order chi connectivity index (χ1) is 5.47. The molecule has 0 amide bonds. The second-order valence-electron chi connectivity index (χ2n) is 2.71. The standard InChI is InChI=1S/C8H11N3/c1-2-7-6-9-4-5-11-8(7)10-3-1/h1-3,6-8,11H,4-5H2. The lowest BCUT2D eigenvalue weighted by molar-refractivity contribution is 0.510. The Balaban J connectivity index is 2.16. The predicted molar refractivity (Wildman–Crippen MR) is 46.3 cm³/mol. The Labute approximate surface area is 65.9 Å². The predicted octanol–water partition coefficient (Wildman–Crippen LogP) is 0.243. The van der Waals surface area contributed by atoms with Gasteiger partial charge in [0.05, 0.1) is 6.54 Å². The Bertz CT molecular complexity index is 217. The van der Waals surface area contributed by atoms with Crippen molar-refractivity contribution in [2.24, 2.45) is 15.9 Å².